The molecule has 1 aromatic carbocycles. The minimum absolute atomic E-state index is 0.0309. The highest BCUT2D eigenvalue weighted by atomic mass is 35.5. The normalized spacial score (nSPS) is 19.8. The number of amides is 1. The fourth-order valence-electron chi connectivity index (χ4n) is 4.65. The number of ether oxygens (including phenoxy) is 2. The summed E-state index contributed by atoms with van der Waals surface area (Å²) in [4.78, 5) is 20.9. The van der Waals surface area contributed by atoms with Gasteiger partial charge in [-0.25, -0.2) is 8.42 Å². The van der Waals surface area contributed by atoms with E-state index >= 15 is 0 Å². The number of carbonyl (C=O) groups is 1. The predicted molar refractivity (Wildman–Crippen MR) is 141 cm³/mol. The Labute approximate surface area is 228 Å². The second kappa shape index (κ2) is 12.8. The summed E-state index contributed by atoms with van der Waals surface area (Å²) >= 11 is 12.3. The molecule has 1 aromatic heterocycles. The van der Waals surface area contributed by atoms with E-state index < -0.39 is 16.1 Å². The van der Waals surface area contributed by atoms with Crippen LogP contribution in [-0.4, -0.2) is 105 Å². The van der Waals surface area contributed by atoms with Gasteiger partial charge in [0.1, 0.15) is 11.5 Å². The standard InChI is InChI=1S/C25H32Cl2N4O5S/c1-19-14-21(26)15-23(27)25(19)37(33,34)31-12-13-35-16-22(31)17-36-18-24(32)30-10-8-29(9-11-30)7-4-20-2-5-28-6-3-20/h2-3,5-6,14-15,22H,4,7-13,16-18H2,1H3/t22-/m0/s1. The number of aromatic nitrogens is 1. The van der Waals surface area contributed by atoms with E-state index in [4.69, 9.17) is 32.7 Å². The van der Waals surface area contributed by atoms with Crippen molar-refractivity contribution in [1.82, 2.24) is 19.1 Å². The molecule has 0 radical (unpaired) electrons. The Hall–Kier alpha value is -1.79. The van der Waals surface area contributed by atoms with Crippen molar-refractivity contribution < 1.29 is 22.7 Å². The largest absolute Gasteiger partial charge is 0.378 e. The zero-order chi connectivity index (χ0) is 26.4. The molecular weight excluding hydrogens is 539 g/mol. The van der Waals surface area contributed by atoms with E-state index in [2.05, 4.69) is 9.88 Å². The van der Waals surface area contributed by atoms with Gasteiger partial charge in [-0.3, -0.25) is 14.7 Å². The topological polar surface area (TPSA) is 92.3 Å². The fraction of sp³-hybridized carbons (Fsp3) is 0.520. The first kappa shape index (κ1) is 28.2. The maximum atomic E-state index is 13.5. The maximum Gasteiger partial charge on any atom is 0.248 e. The highest BCUT2D eigenvalue weighted by Gasteiger charge is 2.36. The number of rotatable bonds is 9. The summed E-state index contributed by atoms with van der Waals surface area (Å²) in [6.45, 7) is 6.03. The maximum absolute atomic E-state index is 13.5. The Kier molecular flexibility index (Phi) is 9.79. The van der Waals surface area contributed by atoms with E-state index in [9.17, 15) is 13.2 Å². The van der Waals surface area contributed by atoms with Crippen molar-refractivity contribution in [2.24, 2.45) is 0 Å². The first-order valence-electron chi connectivity index (χ1n) is 12.3. The molecule has 4 rings (SSSR count). The molecule has 37 heavy (non-hydrogen) atoms. The number of sulfonamides is 1. The Morgan fingerprint density at radius 1 is 1.14 bits per heavy atom. The molecule has 2 aromatic rings. The monoisotopic (exact) mass is 570 g/mol. The van der Waals surface area contributed by atoms with E-state index in [-0.39, 0.29) is 48.8 Å². The Morgan fingerprint density at radius 2 is 1.86 bits per heavy atom. The third kappa shape index (κ3) is 7.20. The van der Waals surface area contributed by atoms with Crippen molar-refractivity contribution in [2.45, 2.75) is 24.3 Å². The van der Waals surface area contributed by atoms with Crippen LogP contribution in [-0.2, 0) is 30.7 Å². The molecule has 0 bridgehead atoms. The molecule has 2 saturated heterocycles. The van der Waals surface area contributed by atoms with Gasteiger partial charge in [-0.2, -0.15) is 4.31 Å². The average molecular weight is 572 g/mol. The van der Waals surface area contributed by atoms with Gasteiger partial charge in [-0.05, 0) is 48.7 Å². The van der Waals surface area contributed by atoms with Crippen molar-refractivity contribution >= 4 is 39.1 Å². The molecule has 2 aliphatic heterocycles. The third-order valence-corrected chi connectivity index (χ3v) is 9.45. The van der Waals surface area contributed by atoms with Crippen molar-refractivity contribution in [3.63, 3.8) is 0 Å². The van der Waals surface area contributed by atoms with Crippen molar-refractivity contribution in [3.8, 4) is 0 Å². The summed E-state index contributed by atoms with van der Waals surface area (Å²) < 4.78 is 39.5. The van der Waals surface area contributed by atoms with Gasteiger partial charge in [0, 0.05) is 56.7 Å². The number of benzene rings is 1. The molecule has 1 amide bonds. The molecule has 0 saturated carbocycles. The summed E-state index contributed by atoms with van der Waals surface area (Å²) in [5.74, 6) is -0.100. The van der Waals surface area contributed by atoms with Crippen LogP contribution in [0.25, 0.3) is 0 Å². The van der Waals surface area contributed by atoms with Crippen LogP contribution in [0.4, 0.5) is 0 Å². The number of piperazine rings is 1. The number of pyridine rings is 1. The number of hydrogen-bond donors (Lipinski definition) is 0. The second-order valence-electron chi connectivity index (χ2n) is 9.22. The van der Waals surface area contributed by atoms with Crippen LogP contribution in [0.1, 0.15) is 11.1 Å². The van der Waals surface area contributed by atoms with E-state index in [0.29, 0.717) is 23.7 Å². The molecule has 9 nitrogen and oxygen atoms in total. The van der Waals surface area contributed by atoms with Gasteiger partial charge in [0.15, 0.2) is 0 Å². The quantitative estimate of drug-likeness (QED) is 0.457. The number of halogens is 2. The summed E-state index contributed by atoms with van der Waals surface area (Å²) in [5, 5.41) is 0.447. The fourth-order valence-corrected chi connectivity index (χ4v) is 7.37. The molecule has 0 N–H and O–H groups in total. The number of morpholine rings is 1. The van der Waals surface area contributed by atoms with Crippen LogP contribution >= 0.6 is 23.2 Å². The number of aryl methyl sites for hydroxylation is 1. The Morgan fingerprint density at radius 3 is 2.57 bits per heavy atom. The summed E-state index contributed by atoms with van der Waals surface area (Å²) in [6.07, 6.45) is 4.55. The lowest BCUT2D eigenvalue weighted by molar-refractivity contribution is -0.138. The zero-order valence-corrected chi connectivity index (χ0v) is 23.1. The zero-order valence-electron chi connectivity index (χ0n) is 20.8. The number of hydrogen-bond acceptors (Lipinski definition) is 7. The summed E-state index contributed by atoms with van der Waals surface area (Å²) in [7, 11) is -3.91. The molecule has 12 heteroatoms. The van der Waals surface area contributed by atoms with Gasteiger partial charge in [-0.1, -0.05) is 23.2 Å². The molecule has 0 aliphatic carbocycles. The van der Waals surface area contributed by atoms with Crippen LogP contribution in [0.2, 0.25) is 10.0 Å². The minimum Gasteiger partial charge on any atom is -0.378 e. The van der Waals surface area contributed by atoms with Crippen LogP contribution in [0.3, 0.4) is 0 Å². The number of carbonyl (C=O) groups excluding carboxylic acids is 1. The van der Waals surface area contributed by atoms with Gasteiger partial charge >= 0.3 is 0 Å². The first-order chi connectivity index (χ1) is 17.8. The van der Waals surface area contributed by atoms with Gasteiger partial charge in [0.05, 0.1) is 30.9 Å². The second-order valence-corrected chi connectivity index (χ2v) is 11.9. The minimum atomic E-state index is -3.91. The molecular formula is C25H32Cl2N4O5S. The molecule has 0 unspecified atom stereocenters. The van der Waals surface area contributed by atoms with E-state index in [0.717, 1.165) is 26.1 Å². The Balaban J connectivity index is 1.26. The Bertz CT molecular complexity index is 1150. The van der Waals surface area contributed by atoms with E-state index in [1.54, 1.807) is 30.3 Å². The molecule has 2 aliphatic rings. The van der Waals surface area contributed by atoms with Gasteiger partial charge in [0.2, 0.25) is 15.9 Å². The lowest BCUT2D eigenvalue weighted by atomic mass is 10.2. The first-order valence-corrected chi connectivity index (χ1v) is 14.5. The highest BCUT2D eigenvalue weighted by molar-refractivity contribution is 7.89. The van der Waals surface area contributed by atoms with Crippen molar-refractivity contribution in [3.05, 3.63) is 57.8 Å². The lowest BCUT2D eigenvalue weighted by Gasteiger charge is -2.36. The highest BCUT2D eigenvalue weighted by Crippen LogP contribution is 2.32. The smallest absolute Gasteiger partial charge is 0.248 e. The molecule has 2 fully saturated rings. The number of nitrogens with zero attached hydrogens (tertiary/aromatic N) is 4. The summed E-state index contributed by atoms with van der Waals surface area (Å²) in [6, 6.07) is 6.47. The van der Waals surface area contributed by atoms with Gasteiger partial charge in [-0.15, -0.1) is 0 Å². The van der Waals surface area contributed by atoms with Crippen molar-refractivity contribution in [1.29, 1.82) is 0 Å². The average Bonchev–Trinajstić information content (AvgIpc) is 2.88. The molecule has 202 valence electrons. The molecule has 0 spiro atoms. The van der Waals surface area contributed by atoms with Gasteiger partial charge in [0.25, 0.3) is 0 Å². The SMILES string of the molecule is Cc1cc(Cl)cc(Cl)c1S(=O)(=O)N1CCOC[C@H]1COCC(=O)N1CCN(CCc2ccncc2)CC1. The third-order valence-electron chi connectivity index (χ3n) is 6.66. The van der Waals surface area contributed by atoms with Crippen molar-refractivity contribution in [2.75, 3.05) is 65.7 Å². The van der Waals surface area contributed by atoms with E-state index in [1.165, 1.54) is 15.9 Å². The van der Waals surface area contributed by atoms with Crippen LogP contribution in [0, 0.1) is 6.92 Å². The van der Waals surface area contributed by atoms with Crippen LogP contribution < -0.4 is 0 Å². The van der Waals surface area contributed by atoms with E-state index in [1.807, 2.05) is 12.1 Å². The summed E-state index contributed by atoms with van der Waals surface area (Å²) in [5.41, 5.74) is 1.72. The van der Waals surface area contributed by atoms with Gasteiger partial charge < -0.3 is 14.4 Å². The van der Waals surface area contributed by atoms with Crippen LogP contribution in [0.5, 0.6) is 0 Å². The van der Waals surface area contributed by atoms with Crippen LogP contribution in [0.15, 0.2) is 41.6 Å². The predicted octanol–water partition coefficient (Wildman–Crippen LogP) is 2.49. The lowest BCUT2D eigenvalue weighted by Crippen LogP contribution is -2.52. The molecule has 1 atom stereocenters. The molecule has 3 heterocycles.